The smallest absolute Gasteiger partial charge is 0.469 e. The average molecular weight is 460 g/mol. The van der Waals surface area contributed by atoms with Crippen LogP contribution in [0.1, 0.15) is 78.1 Å². The van der Waals surface area contributed by atoms with Crippen LogP contribution in [0.5, 0.6) is 0 Å². The number of carboxylic acids is 1. The molecule has 0 aliphatic heterocycles. The second kappa shape index (κ2) is 17.9. The Morgan fingerprint density at radius 3 is 2.06 bits per heavy atom. The molecule has 0 bridgehead atoms. The molecule has 178 valence electrons. The van der Waals surface area contributed by atoms with Gasteiger partial charge in [-0.25, -0.2) is 9.36 Å². The fourth-order valence-electron chi connectivity index (χ4n) is 2.81. The SMILES string of the molecule is CCC=CCC=CCC=CCCCCCCCC(=O)N[C@H](C(=O)O)[C@@H](C)OP(=O)(O)O. The first-order chi connectivity index (χ1) is 14.7. The minimum Gasteiger partial charge on any atom is -0.480 e. The number of phosphoric acid groups is 1. The molecule has 4 N–H and O–H groups in total. The van der Waals surface area contributed by atoms with E-state index in [1.807, 2.05) is 0 Å². The molecule has 2 atom stereocenters. The Bertz CT molecular complexity index is 640. The van der Waals surface area contributed by atoms with Gasteiger partial charge in [-0.1, -0.05) is 62.6 Å². The van der Waals surface area contributed by atoms with E-state index in [9.17, 15) is 14.2 Å². The van der Waals surface area contributed by atoms with Crippen LogP contribution in [0.4, 0.5) is 0 Å². The van der Waals surface area contributed by atoms with Crippen LogP contribution in [-0.4, -0.2) is 38.9 Å². The molecule has 0 saturated heterocycles. The molecule has 0 aliphatic carbocycles. The molecule has 0 rings (SSSR count). The predicted octanol–water partition coefficient (Wildman–Crippen LogP) is 4.64. The van der Waals surface area contributed by atoms with E-state index in [4.69, 9.17) is 14.9 Å². The minimum absolute atomic E-state index is 0.159. The van der Waals surface area contributed by atoms with Crippen LogP contribution in [0.3, 0.4) is 0 Å². The van der Waals surface area contributed by atoms with E-state index >= 15 is 0 Å². The van der Waals surface area contributed by atoms with Crippen LogP contribution in [0, 0.1) is 0 Å². The highest BCUT2D eigenvalue weighted by Gasteiger charge is 2.32. The lowest BCUT2D eigenvalue weighted by molar-refractivity contribution is -0.144. The van der Waals surface area contributed by atoms with Gasteiger partial charge in [-0.3, -0.25) is 9.32 Å². The molecule has 9 heteroatoms. The molecule has 31 heavy (non-hydrogen) atoms. The summed E-state index contributed by atoms with van der Waals surface area (Å²) < 4.78 is 15.2. The topological polar surface area (TPSA) is 133 Å². The van der Waals surface area contributed by atoms with Crippen molar-refractivity contribution in [3.05, 3.63) is 36.5 Å². The summed E-state index contributed by atoms with van der Waals surface area (Å²) in [6, 6.07) is -1.52. The quantitative estimate of drug-likeness (QED) is 0.133. The lowest BCUT2D eigenvalue weighted by atomic mass is 10.1. The van der Waals surface area contributed by atoms with E-state index in [2.05, 4.69) is 53.2 Å². The number of unbranched alkanes of at least 4 members (excludes halogenated alkanes) is 5. The first-order valence-electron chi connectivity index (χ1n) is 10.9. The zero-order valence-corrected chi connectivity index (χ0v) is 19.5. The van der Waals surface area contributed by atoms with Crippen molar-refractivity contribution in [2.75, 3.05) is 0 Å². The van der Waals surface area contributed by atoms with Gasteiger partial charge in [0, 0.05) is 6.42 Å². The molecule has 0 fully saturated rings. The maximum atomic E-state index is 11.9. The van der Waals surface area contributed by atoms with Gasteiger partial charge in [0.15, 0.2) is 6.04 Å². The van der Waals surface area contributed by atoms with Crippen molar-refractivity contribution in [2.45, 2.75) is 90.2 Å². The summed E-state index contributed by atoms with van der Waals surface area (Å²) in [4.78, 5) is 40.7. The van der Waals surface area contributed by atoms with Gasteiger partial charge in [-0.2, -0.15) is 0 Å². The summed E-state index contributed by atoms with van der Waals surface area (Å²) in [5.41, 5.74) is 0. The monoisotopic (exact) mass is 459 g/mol. The standard InChI is InChI=1S/C22H38NO7P/c1-3-4-5-6-7-8-9-10-11-12-13-14-15-16-17-18-20(24)23-21(22(25)26)19(2)30-31(27,28)29/h4-5,7-8,10-11,19,21H,3,6,9,12-18H2,1-2H3,(H,23,24)(H,25,26)(H2,27,28,29)/t19-,21+/m1/s1. The Morgan fingerprint density at radius 1 is 0.935 bits per heavy atom. The molecule has 0 aromatic heterocycles. The summed E-state index contributed by atoms with van der Waals surface area (Å²) in [7, 11) is -4.84. The molecule has 8 nitrogen and oxygen atoms in total. The van der Waals surface area contributed by atoms with Crippen LogP contribution in [0.25, 0.3) is 0 Å². The zero-order valence-electron chi connectivity index (χ0n) is 18.6. The molecule has 0 spiro atoms. The normalized spacial score (nSPS) is 14.5. The van der Waals surface area contributed by atoms with Crippen molar-refractivity contribution in [1.29, 1.82) is 0 Å². The van der Waals surface area contributed by atoms with Crippen LogP contribution < -0.4 is 5.32 Å². The second-order valence-corrected chi connectivity index (χ2v) is 8.48. The van der Waals surface area contributed by atoms with E-state index in [0.717, 1.165) is 51.4 Å². The summed E-state index contributed by atoms with van der Waals surface area (Å²) in [6.45, 7) is 3.31. The largest absolute Gasteiger partial charge is 0.480 e. The fraction of sp³-hybridized carbons (Fsp3) is 0.636. The third kappa shape index (κ3) is 18.7. The van der Waals surface area contributed by atoms with E-state index in [1.165, 1.54) is 6.92 Å². The summed E-state index contributed by atoms with van der Waals surface area (Å²) >= 11 is 0. The van der Waals surface area contributed by atoms with Gasteiger partial charge in [-0.15, -0.1) is 0 Å². The number of nitrogens with one attached hydrogen (secondary N) is 1. The van der Waals surface area contributed by atoms with Crippen LogP contribution in [-0.2, 0) is 18.7 Å². The highest BCUT2D eigenvalue weighted by Crippen LogP contribution is 2.38. The average Bonchev–Trinajstić information content (AvgIpc) is 2.67. The number of carbonyl (C=O) groups excluding carboxylic acids is 1. The van der Waals surface area contributed by atoms with Crippen molar-refractivity contribution in [3.63, 3.8) is 0 Å². The first-order valence-corrected chi connectivity index (χ1v) is 12.4. The lowest BCUT2D eigenvalue weighted by Gasteiger charge is -2.21. The van der Waals surface area contributed by atoms with Crippen LogP contribution in [0.15, 0.2) is 36.5 Å². The molecule has 0 unspecified atom stereocenters. The Labute approximate surface area is 185 Å². The number of hydrogen-bond donors (Lipinski definition) is 4. The van der Waals surface area contributed by atoms with Crippen molar-refractivity contribution in [3.8, 4) is 0 Å². The lowest BCUT2D eigenvalue weighted by Crippen LogP contribution is -2.48. The zero-order chi connectivity index (χ0) is 23.5. The van der Waals surface area contributed by atoms with Crippen LogP contribution in [0.2, 0.25) is 0 Å². The summed E-state index contributed by atoms with van der Waals surface area (Å²) in [6.07, 6.45) is 20.5. The number of carbonyl (C=O) groups is 2. The van der Waals surface area contributed by atoms with Crippen molar-refractivity contribution >= 4 is 19.7 Å². The Kier molecular flexibility index (Phi) is 16.9. The van der Waals surface area contributed by atoms with Gasteiger partial charge >= 0.3 is 13.8 Å². The van der Waals surface area contributed by atoms with Gasteiger partial charge < -0.3 is 20.2 Å². The predicted molar refractivity (Wildman–Crippen MR) is 121 cm³/mol. The van der Waals surface area contributed by atoms with E-state index in [-0.39, 0.29) is 6.42 Å². The van der Waals surface area contributed by atoms with Crippen molar-refractivity contribution in [2.24, 2.45) is 0 Å². The molecule has 0 radical (unpaired) electrons. The maximum Gasteiger partial charge on any atom is 0.469 e. The third-order valence-electron chi connectivity index (χ3n) is 4.41. The maximum absolute atomic E-state index is 11.9. The number of amides is 1. The highest BCUT2D eigenvalue weighted by atomic mass is 31.2. The Morgan fingerprint density at radius 2 is 1.48 bits per heavy atom. The van der Waals surface area contributed by atoms with Crippen LogP contribution >= 0.6 is 7.82 Å². The molecule has 0 aromatic rings. The number of carboxylic acid groups (broad SMARTS) is 1. The molecule has 0 aromatic carbocycles. The molecule has 0 saturated carbocycles. The molecular weight excluding hydrogens is 421 g/mol. The van der Waals surface area contributed by atoms with E-state index in [1.54, 1.807) is 0 Å². The summed E-state index contributed by atoms with van der Waals surface area (Å²) in [5.74, 6) is -1.89. The second-order valence-electron chi connectivity index (χ2n) is 7.28. The van der Waals surface area contributed by atoms with Gasteiger partial charge in [0.1, 0.15) is 0 Å². The van der Waals surface area contributed by atoms with Crippen molar-refractivity contribution < 1.29 is 33.6 Å². The molecular formula is C22H38NO7P. The van der Waals surface area contributed by atoms with Gasteiger partial charge in [-0.05, 0) is 45.4 Å². The van der Waals surface area contributed by atoms with E-state index in [0.29, 0.717) is 6.42 Å². The molecule has 1 amide bonds. The Balaban J connectivity index is 3.85. The van der Waals surface area contributed by atoms with Gasteiger partial charge in [0.05, 0.1) is 6.10 Å². The number of rotatable bonds is 18. The number of allylic oxidation sites excluding steroid dienone is 6. The van der Waals surface area contributed by atoms with Crippen molar-refractivity contribution in [1.82, 2.24) is 5.32 Å². The minimum atomic E-state index is -4.84. The Hall–Kier alpha value is -1.73. The number of phosphoric ester groups is 1. The first kappa shape index (κ1) is 29.3. The van der Waals surface area contributed by atoms with E-state index < -0.39 is 31.8 Å². The fourth-order valence-corrected chi connectivity index (χ4v) is 3.36. The molecule has 0 aliphatic rings. The third-order valence-corrected chi connectivity index (χ3v) is 5.02. The highest BCUT2D eigenvalue weighted by molar-refractivity contribution is 7.46. The molecule has 0 heterocycles. The number of hydrogen-bond acceptors (Lipinski definition) is 4. The van der Waals surface area contributed by atoms with Gasteiger partial charge in [0.25, 0.3) is 0 Å². The number of aliphatic carboxylic acids is 1. The summed E-state index contributed by atoms with van der Waals surface area (Å²) in [5, 5.41) is 11.4. The van der Waals surface area contributed by atoms with Gasteiger partial charge in [0.2, 0.25) is 5.91 Å².